The lowest BCUT2D eigenvalue weighted by Crippen LogP contribution is -2.43. The summed E-state index contributed by atoms with van der Waals surface area (Å²) in [6.07, 6.45) is 10.4. The third-order valence-electron chi connectivity index (χ3n) is 4.34. The van der Waals surface area contributed by atoms with Crippen molar-refractivity contribution in [2.24, 2.45) is 11.7 Å². The second-order valence-corrected chi connectivity index (χ2v) is 6.18. The molecule has 0 spiro atoms. The summed E-state index contributed by atoms with van der Waals surface area (Å²) in [7, 11) is 0. The largest absolute Gasteiger partial charge is 0.392 e. The highest BCUT2D eigenvalue weighted by molar-refractivity contribution is 7.80. The normalized spacial score (nSPS) is 26.0. The fourth-order valence-corrected chi connectivity index (χ4v) is 3.54. The topological polar surface area (TPSA) is 46.3 Å². The number of hydrogen-bond donors (Lipinski definition) is 1. The van der Waals surface area contributed by atoms with Crippen molar-refractivity contribution in [1.82, 2.24) is 4.90 Å². The van der Waals surface area contributed by atoms with Crippen molar-refractivity contribution in [1.29, 1.82) is 0 Å². The fourth-order valence-electron chi connectivity index (χ4n) is 3.29. The minimum atomic E-state index is 0.0262. The van der Waals surface area contributed by atoms with Gasteiger partial charge >= 0.3 is 0 Å². The van der Waals surface area contributed by atoms with Crippen LogP contribution in [0.2, 0.25) is 0 Å². The van der Waals surface area contributed by atoms with Gasteiger partial charge in [-0.15, -0.1) is 0 Å². The van der Waals surface area contributed by atoms with E-state index in [-0.39, 0.29) is 11.9 Å². The van der Waals surface area contributed by atoms with Gasteiger partial charge in [0.15, 0.2) is 0 Å². The molecule has 1 unspecified atom stereocenters. The molecule has 102 valence electrons. The highest BCUT2D eigenvalue weighted by Gasteiger charge is 2.31. The maximum Gasteiger partial charge on any atom is 0.223 e. The Balaban J connectivity index is 1.88. The minimum Gasteiger partial charge on any atom is -0.392 e. The second kappa shape index (κ2) is 6.50. The molecule has 0 bridgehead atoms. The first-order valence-electron chi connectivity index (χ1n) is 7.27. The molecule has 2 rings (SSSR count). The number of thiocarbonyl (C=S) groups is 1. The van der Waals surface area contributed by atoms with Crippen molar-refractivity contribution >= 4 is 23.1 Å². The Morgan fingerprint density at radius 1 is 1.11 bits per heavy atom. The SMILES string of the molecule is NC(=S)C1CCCN1C(=O)CC1CCCCCC1. The number of nitrogens with two attached hydrogens (primary N) is 1. The van der Waals surface area contributed by atoms with Crippen molar-refractivity contribution in [3.8, 4) is 0 Å². The molecule has 0 aromatic rings. The molecule has 1 aliphatic heterocycles. The van der Waals surface area contributed by atoms with Gasteiger partial charge in [0.1, 0.15) is 0 Å². The maximum absolute atomic E-state index is 12.4. The summed E-state index contributed by atoms with van der Waals surface area (Å²) < 4.78 is 0. The maximum atomic E-state index is 12.4. The number of carbonyl (C=O) groups is 1. The zero-order valence-corrected chi connectivity index (χ0v) is 11.9. The first-order valence-corrected chi connectivity index (χ1v) is 7.68. The van der Waals surface area contributed by atoms with E-state index in [1.807, 2.05) is 4.90 Å². The summed E-state index contributed by atoms with van der Waals surface area (Å²) in [5.74, 6) is 0.866. The van der Waals surface area contributed by atoms with Crippen LogP contribution in [0.3, 0.4) is 0 Å². The highest BCUT2D eigenvalue weighted by Crippen LogP contribution is 2.27. The summed E-state index contributed by atoms with van der Waals surface area (Å²) in [4.78, 5) is 14.8. The minimum absolute atomic E-state index is 0.0262. The predicted octanol–water partition coefficient (Wildman–Crippen LogP) is 2.62. The molecule has 0 aromatic carbocycles. The van der Waals surface area contributed by atoms with Crippen molar-refractivity contribution in [2.75, 3.05) is 6.54 Å². The van der Waals surface area contributed by atoms with Crippen LogP contribution in [0, 0.1) is 5.92 Å². The van der Waals surface area contributed by atoms with E-state index in [2.05, 4.69) is 0 Å². The second-order valence-electron chi connectivity index (χ2n) is 5.71. The summed E-state index contributed by atoms with van der Waals surface area (Å²) in [6.45, 7) is 0.841. The van der Waals surface area contributed by atoms with Gasteiger partial charge in [0.05, 0.1) is 11.0 Å². The third kappa shape index (κ3) is 3.44. The third-order valence-corrected chi connectivity index (χ3v) is 4.61. The van der Waals surface area contributed by atoms with Crippen molar-refractivity contribution in [3.63, 3.8) is 0 Å². The van der Waals surface area contributed by atoms with Gasteiger partial charge < -0.3 is 10.6 Å². The number of carbonyl (C=O) groups excluding carboxylic acids is 1. The Kier molecular flexibility index (Phi) is 4.98. The van der Waals surface area contributed by atoms with Gasteiger partial charge in [-0.2, -0.15) is 0 Å². The summed E-state index contributed by atoms with van der Waals surface area (Å²) in [6, 6.07) is 0.0262. The van der Waals surface area contributed by atoms with E-state index in [9.17, 15) is 4.79 Å². The molecule has 1 heterocycles. The molecule has 2 fully saturated rings. The Morgan fingerprint density at radius 2 is 1.78 bits per heavy atom. The van der Waals surface area contributed by atoms with Crippen LogP contribution in [0.1, 0.15) is 57.8 Å². The molecule has 0 radical (unpaired) electrons. The lowest BCUT2D eigenvalue weighted by atomic mass is 9.96. The highest BCUT2D eigenvalue weighted by atomic mass is 32.1. The van der Waals surface area contributed by atoms with E-state index in [4.69, 9.17) is 18.0 Å². The van der Waals surface area contributed by atoms with Crippen molar-refractivity contribution < 1.29 is 4.79 Å². The van der Waals surface area contributed by atoms with Gasteiger partial charge in [-0.1, -0.05) is 37.9 Å². The average molecular weight is 268 g/mol. The Hall–Kier alpha value is -0.640. The summed E-state index contributed by atoms with van der Waals surface area (Å²) >= 11 is 5.06. The molecule has 1 saturated heterocycles. The number of rotatable bonds is 3. The molecular weight excluding hydrogens is 244 g/mol. The van der Waals surface area contributed by atoms with Gasteiger partial charge in [0.25, 0.3) is 0 Å². The van der Waals surface area contributed by atoms with Crippen LogP contribution >= 0.6 is 12.2 Å². The van der Waals surface area contributed by atoms with Crippen LogP contribution < -0.4 is 5.73 Å². The average Bonchev–Trinajstić information content (AvgIpc) is 2.70. The van der Waals surface area contributed by atoms with Crippen molar-refractivity contribution in [3.05, 3.63) is 0 Å². The predicted molar refractivity (Wildman–Crippen MR) is 77.3 cm³/mol. The van der Waals surface area contributed by atoms with Gasteiger partial charge in [-0.25, -0.2) is 0 Å². The molecule has 0 aromatic heterocycles. The van der Waals surface area contributed by atoms with Crippen LogP contribution in [-0.4, -0.2) is 28.4 Å². The molecular formula is C14H24N2OS. The summed E-state index contributed by atoms with van der Waals surface area (Å²) in [5.41, 5.74) is 5.72. The standard InChI is InChI=1S/C14H24N2OS/c15-14(18)12-8-5-9-16(12)13(17)10-11-6-3-1-2-4-7-11/h11-12H,1-10H2,(H2,15,18). The van der Waals surface area contributed by atoms with Crippen LogP contribution in [0.15, 0.2) is 0 Å². The van der Waals surface area contributed by atoms with Crippen LogP contribution in [-0.2, 0) is 4.79 Å². The van der Waals surface area contributed by atoms with Gasteiger partial charge in [0.2, 0.25) is 5.91 Å². The van der Waals surface area contributed by atoms with Crippen LogP contribution in [0.5, 0.6) is 0 Å². The molecule has 1 amide bonds. The monoisotopic (exact) mass is 268 g/mol. The number of hydrogen-bond acceptors (Lipinski definition) is 2. The first-order chi connectivity index (χ1) is 8.68. The smallest absolute Gasteiger partial charge is 0.223 e. The quantitative estimate of drug-likeness (QED) is 0.632. The lowest BCUT2D eigenvalue weighted by Gasteiger charge is -2.25. The van der Waals surface area contributed by atoms with E-state index in [1.165, 1.54) is 38.5 Å². The number of amides is 1. The van der Waals surface area contributed by atoms with Crippen LogP contribution in [0.25, 0.3) is 0 Å². The molecule has 18 heavy (non-hydrogen) atoms. The molecule has 2 aliphatic rings. The lowest BCUT2D eigenvalue weighted by molar-refractivity contribution is -0.132. The Labute approximate surface area is 115 Å². The molecule has 3 nitrogen and oxygen atoms in total. The van der Waals surface area contributed by atoms with Crippen LogP contribution in [0.4, 0.5) is 0 Å². The molecule has 4 heteroatoms. The van der Waals surface area contributed by atoms with Gasteiger partial charge in [-0.05, 0) is 31.6 Å². The van der Waals surface area contributed by atoms with Gasteiger partial charge in [-0.3, -0.25) is 4.79 Å². The first kappa shape index (κ1) is 13.8. The van der Waals surface area contributed by atoms with E-state index < -0.39 is 0 Å². The van der Waals surface area contributed by atoms with E-state index in [1.54, 1.807) is 0 Å². The zero-order chi connectivity index (χ0) is 13.0. The molecule has 1 aliphatic carbocycles. The van der Waals surface area contributed by atoms with Crippen molar-refractivity contribution in [2.45, 2.75) is 63.8 Å². The van der Waals surface area contributed by atoms with Gasteiger partial charge in [0, 0.05) is 13.0 Å². The van der Waals surface area contributed by atoms with E-state index in [0.717, 1.165) is 19.4 Å². The molecule has 2 N–H and O–H groups in total. The summed E-state index contributed by atoms with van der Waals surface area (Å²) in [5, 5.41) is 0. The Morgan fingerprint density at radius 3 is 2.39 bits per heavy atom. The number of likely N-dealkylation sites (tertiary alicyclic amines) is 1. The fraction of sp³-hybridized carbons (Fsp3) is 0.857. The zero-order valence-electron chi connectivity index (χ0n) is 11.1. The van der Waals surface area contributed by atoms with E-state index >= 15 is 0 Å². The molecule has 1 saturated carbocycles. The molecule has 1 atom stereocenters. The number of nitrogens with zero attached hydrogens (tertiary/aromatic N) is 1. The Bertz CT molecular complexity index is 311. The van der Waals surface area contributed by atoms with E-state index in [0.29, 0.717) is 17.3 Å².